The van der Waals surface area contributed by atoms with Gasteiger partial charge in [0.05, 0.1) is 22.2 Å². The molecule has 4 aromatic rings. The summed E-state index contributed by atoms with van der Waals surface area (Å²) in [5.41, 5.74) is 5.15. The number of aryl methyl sites for hydroxylation is 2. The summed E-state index contributed by atoms with van der Waals surface area (Å²) in [6, 6.07) is 16.6. The number of likely N-dealkylation sites (tertiary alicyclic amines) is 1. The molecule has 0 aliphatic carbocycles. The highest BCUT2D eigenvalue weighted by Crippen LogP contribution is 2.32. The van der Waals surface area contributed by atoms with Crippen LogP contribution in [0.3, 0.4) is 0 Å². The second kappa shape index (κ2) is 11.7. The Morgan fingerprint density at radius 3 is 2.40 bits per heavy atom. The number of primary sulfonamides is 1. The maximum atomic E-state index is 11.5. The van der Waals surface area contributed by atoms with Crippen molar-refractivity contribution < 1.29 is 13.2 Å². The van der Waals surface area contributed by atoms with Gasteiger partial charge in [-0.25, -0.2) is 18.5 Å². The molecule has 1 aliphatic rings. The zero-order valence-electron chi connectivity index (χ0n) is 22.3. The van der Waals surface area contributed by atoms with E-state index >= 15 is 0 Å². The normalized spacial score (nSPS) is 14.6. The average molecular weight is 575 g/mol. The molecule has 2 aromatic heterocycles. The van der Waals surface area contributed by atoms with Gasteiger partial charge < -0.3 is 10.1 Å². The summed E-state index contributed by atoms with van der Waals surface area (Å²) in [6.45, 7) is 6.35. The monoisotopic (exact) mass is 574 g/mol. The fourth-order valence-electron chi connectivity index (χ4n) is 4.84. The molecule has 0 unspecified atom stereocenters. The van der Waals surface area contributed by atoms with E-state index in [-0.39, 0.29) is 10.9 Å². The molecule has 11 heteroatoms. The number of thiophene rings is 1. The third-order valence-corrected chi connectivity index (χ3v) is 8.51. The Kier molecular flexibility index (Phi) is 8.14. The minimum Gasteiger partial charge on any atom is -0.438 e. The highest BCUT2D eigenvalue weighted by atomic mass is 32.2. The Morgan fingerprint density at radius 1 is 1.10 bits per heavy atom. The number of nitrogens with zero attached hydrogens (tertiary/aromatic N) is 4. The lowest BCUT2D eigenvalue weighted by Gasteiger charge is -2.32. The standard InChI is InChI=1S/C29H30N6O3S2/c1-19-13-22(16-30)14-20(2)28(19)38-27-15-26(23-9-12-39-18-23)33-29(34-27)32-24-7-10-35(11-8-24)17-21-3-5-25(6-4-21)40(31,36)37/h3-6,9,12-15,18,24H,7-8,10-11,17H2,1-2H3,(H2,31,36,37)(H,32,33,34). The molecule has 40 heavy (non-hydrogen) atoms. The molecule has 3 heterocycles. The third-order valence-electron chi connectivity index (χ3n) is 6.89. The number of nitrogens with two attached hydrogens (primary N) is 1. The predicted molar refractivity (Wildman–Crippen MR) is 156 cm³/mol. The summed E-state index contributed by atoms with van der Waals surface area (Å²) in [5, 5.41) is 22.1. The number of rotatable bonds is 8. The first kappa shape index (κ1) is 27.7. The van der Waals surface area contributed by atoms with Crippen molar-refractivity contribution in [2.75, 3.05) is 18.4 Å². The molecular weight excluding hydrogens is 544 g/mol. The maximum Gasteiger partial charge on any atom is 0.238 e. The van der Waals surface area contributed by atoms with Crippen molar-refractivity contribution in [2.24, 2.45) is 5.14 Å². The Bertz CT molecular complexity index is 1620. The minimum atomic E-state index is -3.69. The van der Waals surface area contributed by atoms with Crippen LogP contribution < -0.4 is 15.2 Å². The largest absolute Gasteiger partial charge is 0.438 e. The Balaban J connectivity index is 1.28. The first-order valence-corrected chi connectivity index (χ1v) is 15.4. The average Bonchev–Trinajstić information content (AvgIpc) is 3.47. The number of hydrogen-bond acceptors (Lipinski definition) is 9. The molecule has 5 rings (SSSR count). The number of nitriles is 1. The molecule has 0 amide bonds. The molecule has 3 N–H and O–H groups in total. The summed E-state index contributed by atoms with van der Waals surface area (Å²) >= 11 is 1.60. The summed E-state index contributed by atoms with van der Waals surface area (Å²) in [5.74, 6) is 1.64. The number of aromatic nitrogens is 2. The predicted octanol–water partition coefficient (Wildman–Crippen LogP) is 5.21. The van der Waals surface area contributed by atoms with Crippen LogP contribution in [0.1, 0.15) is 35.1 Å². The van der Waals surface area contributed by atoms with Crippen LogP contribution in [0.5, 0.6) is 11.6 Å². The van der Waals surface area contributed by atoms with Gasteiger partial charge in [-0.3, -0.25) is 4.90 Å². The van der Waals surface area contributed by atoms with Gasteiger partial charge in [-0.05, 0) is 79.1 Å². The van der Waals surface area contributed by atoms with Crippen molar-refractivity contribution >= 4 is 27.3 Å². The molecular formula is C29H30N6O3S2. The van der Waals surface area contributed by atoms with E-state index in [1.165, 1.54) is 0 Å². The molecule has 1 fully saturated rings. The molecule has 0 atom stereocenters. The molecule has 0 saturated carbocycles. The zero-order valence-corrected chi connectivity index (χ0v) is 23.9. The maximum absolute atomic E-state index is 11.5. The fourth-order valence-corrected chi connectivity index (χ4v) is 6.01. The van der Waals surface area contributed by atoms with Crippen LogP contribution in [0.2, 0.25) is 0 Å². The molecule has 9 nitrogen and oxygen atoms in total. The van der Waals surface area contributed by atoms with Crippen molar-refractivity contribution in [3.8, 4) is 29.0 Å². The number of hydrogen-bond donors (Lipinski definition) is 2. The molecule has 2 aromatic carbocycles. The second-order valence-corrected chi connectivity index (χ2v) is 12.3. The van der Waals surface area contributed by atoms with Crippen LogP contribution in [-0.4, -0.2) is 42.4 Å². The smallest absolute Gasteiger partial charge is 0.238 e. The third kappa shape index (κ3) is 6.66. The van der Waals surface area contributed by atoms with E-state index in [0.717, 1.165) is 60.4 Å². The van der Waals surface area contributed by atoms with Gasteiger partial charge in [-0.2, -0.15) is 21.6 Å². The number of ether oxygens (including phenoxy) is 1. The number of benzene rings is 2. The number of piperidine rings is 1. The van der Waals surface area contributed by atoms with E-state index in [1.807, 2.05) is 61.0 Å². The first-order chi connectivity index (χ1) is 19.2. The number of sulfonamides is 1. The fraction of sp³-hybridized carbons (Fsp3) is 0.276. The van der Waals surface area contributed by atoms with Gasteiger partial charge in [-0.15, -0.1) is 0 Å². The van der Waals surface area contributed by atoms with E-state index in [1.54, 1.807) is 23.5 Å². The minimum absolute atomic E-state index is 0.122. The quantitative estimate of drug-likeness (QED) is 0.293. The Morgan fingerprint density at radius 2 is 1.80 bits per heavy atom. The molecule has 206 valence electrons. The second-order valence-electron chi connectivity index (χ2n) is 9.96. The summed E-state index contributed by atoms with van der Waals surface area (Å²) < 4.78 is 29.3. The van der Waals surface area contributed by atoms with Crippen LogP contribution in [-0.2, 0) is 16.6 Å². The van der Waals surface area contributed by atoms with Crippen LogP contribution in [0, 0.1) is 25.2 Å². The van der Waals surface area contributed by atoms with Gasteiger partial charge in [0.1, 0.15) is 5.75 Å². The summed E-state index contributed by atoms with van der Waals surface area (Å²) in [7, 11) is -3.69. The van der Waals surface area contributed by atoms with E-state index in [9.17, 15) is 13.7 Å². The lowest BCUT2D eigenvalue weighted by molar-refractivity contribution is 0.211. The van der Waals surface area contributed by atoms with E-state index < -0.39 is 10.0 Å². The van der Waals surface area contributed by atoms with Crippen molar-refractivity contribution in [1.82, 2.24) is 14.9 Å². The van der Waals surface area contributed by atoms with Gasteiger partial charge >= 0.3 is 0 Å². The number of nitrogens with one attached hydrogen (secondary N) is 1. The highest BCUT2D eigenvalue weighted by Gasteiger charge is 2.21. The molecule has 0 radical (unpaired) electrons. The first-order valence-electron chi connectivity index (χ1n) is 12.9. The van der Waals surface area contributed by atoms with E-state index in [0.29, 0.717) is 23.1 Å². The van der Waals surface area contributed by atoms with Crippen LogP contribution in [0.25, 0.3) is 11.3 Å². The van der Waals surface area contributed by atoms with Gasteiger partial charge in [0.2, 0.25) is 21.9 Å². The van der Waals surface area contributed by atoms with E-state index in [4.69, 9.17) is 19.8 Å². The van der Waals surface area contributed by atoms with Gasteiger partial charge in [0.15, 0.2) is 0 Å². The molecule has 0 spiro atoms. The summed E-state index contributed by atoms with van der Waals surface area (Å²) in [4.78, 5) is 11.9. The van der Waals surface area contributed by atoms with Gasteiger partial charge in [0.25, 0.3) is 0 Å². The lowest BCUT2D eigenvalue weighted by atomic mass is 10.0. The molecule has 1 aliphatic heterocycles. The highest BCUT2D eigenvalue weighted by molar-refractivity contribution is 7.89. The van der Waals surface area contributed by atoms with Crippen LogP contribution >= 0.6 is 11.3 Å². The Labute approximate surface area is 238 Å². The van der Waals surface area contributed by atoms with Crippen molar-refractivity contribution in [3.63, 3.8) is 0 Å². The van der Waals surface area contributed by atoms with Crippen molar-refractivity contribution in [3.05, 3.63) is 81.5 Å². The van der Waals surface area contributed by atoms with Gasteiger partial charge in [-0.1, -0.05) is 12.1 Å². The van der Waals surface area contributed by atoms with Crippen LogP contribution in [0.4, 0.5) is 5.95 Å². The SMILES string of the molecule is Cc1cc(C#N)cc(C)c1Oc1cc(-c2ccsc2)nc(NC2CCN(Cc3ccc(S(N)(=O)=O)cc3)CC2)n1. The van der Waals surface area contributed by atoms with Crippen molar-refractivity contribution in [2.45, 2.75) is 44.2 Å². The van der Waals surface area contributed by atoms with E-state index in [2.05, 4.69) is 16.3 Å². The van der Waals surface area contributed by atoms with Crippen molar-refractivity contribution in [1.29, 1.82) is 5.26 Å². The molecule has 0 bridgehead atoms. The summed E-state index contributed by atoms with van der Waals surface area (Å²) in [6.07, 6.45) is 1.82. The van der Waals surface area contributed by atoms with Crippen LogP contribution in [0.15, 0.2) is 64.2 Å². The zero-order chi connectivity index (χ0) is 28.3. The molecule has 1 saturated heterocycles. The van der Waals surface area contributed by atoms with Gasteiger partial charge in [0, 0.05) is 42.7 Å². The Hall–Kier alpha value is -3.82. The number of anilines is 1. The lowest BCUT2D eigenvalue weighted by Crippen LogP contribution is -2.39. The topological polar surface area (TPSA) is 134 Å².